The summed E-state index contributed by atoms with van der Waals surface area (Å²) in [5.74, 6) is 1.41. The number of hydrogen-bond donors (Lipinski definition) is 0. The largest absolute Gasteiger partial charge is 0.354 e. The first-order chi connectivity index (χ1) is 13.9. The third-order valence-electron chi connectivity index (χ3n) is 5.24. The van der Waals surface area contributed by atoms with Crippen LogP contribution < -0.4 is 4.90 Å². The lowest BCUT2D eigenvalue weighted by atomic mass is 10.0. The average molecular weight is 421 g/mol. The Hall–Kier alpha value is -2.06. The Balaban J connectivity index is 1.89. The summed E-state index contributed by atoms with van der Waals surface area (Å²) < 4.78 is 40.6. The lowest BCUT2D eigenvalue weighted by molar-refractivity contribution is 0.383. The quantitative estimate of drug-likeness (QED) is 0.689. The van der Waals surface area contributed by atoms with Crippen LogP contribution in [0.2, 0.25) is 0 Å². The Kier molecular flexibility index (Phi) is 6.85. The summed E-state index contributed by atoms with van der Waals surface area (Å²) in [4.78, 5) is 11.4. The summed E-state index contributed by atoms with van der Waals surface area (Å²) in [5, 5.41) is 0. The third-order valence-corrected chi connectivity index (χ3v) is 7.31. The van der Waals surface area contributed by atoms with Gasteiger partial charge in [0, 0.05) is 43.9 Å². The number of benzene rings is 1. The van der Waals surface area contributed by atoms with E-state index < -0.39 is 10.0 Å². The molecular weight excluding hydrogens is 391 g/mol. The van der Waals surface area contributed by atoms with Gasteiger partial charge in [0.2, 0.25) is 10.0 Å². The molecule has 1 fully saturated rings. The summed E-state index contributed by atoms with van der Waals surface area (Å²) in [6.45, 7) is 7.76. The van der Waals surface area contributed by atoms with Crippen molar-refractivity contribution in [3.8, 4) is 0 Å². The minimum atomic E-state index is -3.20. The van der Waals surface area contributed by atoms with Crippen molar-refractivity contribution in [2.75, 3.05) is 36.8 Å². The minimum absolute atomic E-state index is 0.179. The molecule has 6 nitrogen and oxygen atoms in total. The van der Waals surface area contributed by atoms with Crippen LogP contribution in [0.3, 0.4) is 0 Å². The van der Waals surface area contributed by atoms with E-state index in [2.05, 4.69) is 14.9 Å². The molecule has 1 aromatic carbocycles. The van der Waals surface area contributed by atoms with Crippen LogP contribution in [0.4, 0.5) is 10.2 Å². The van der Waals surface area contributed by atoms with Gasteiger partial charge in [-0.2, -0.15) is 4.31 Å². The van der Waals surface area contributed by atoms with E-state index in [1.165, 1.54) is 6.07 Å². The maximum Gasteiger partial charge on any atom is 0.214 e. The van der Waals surface area contributed by atoms with Crippen LogP contribution in [0.15, 0.2) is 24.3 Å². The van der Waals surface area contributed by atoms with Crippen LogP contribution in [0.1, 0.15) is 42.9 Å². The highest BCUT2D eigenvalue weighted by molar-refractivity contribution is 7.89. The zero-order chi connectivity index (χ0) is 21.0. The van der Waals surface area contributed by atoms with Crippen LogP contribution >= 0.6 is 0 Å². The Morgan fingerprint density at radius 2 is 1.76 bits per heavy atom. The molecule has 0 N–H and O–H groups in total. The SMILES string of the molecule is CCCS(=O)(=O)N1CCN(c2nc(C)nc(CC)c2Cc2ccccc2F)CC1. The normalized spacial score (nSPS) is 15.7. The number of rotatable bonds is 7. The van der Waals surface area contributed by atoms with Gasteiger partial charge >= 0.3 is 0 Å². The summed E-state index contributed by atoms with van der Waals surface area (Å²) >= 11 is 0. The molecule has 29 heavy (non-hydrogen) atoms. The number of piperazine rings is 1. The van der Waals surface area contributed by atoms with Crippen molar-refractivity contribution in [3.05, 3.63) is 52.7 Å². The molecule has 1 aliphatic heterocycles. The van der Waals surface area contributed by atoms with Gasteiger partial charge in [-0.1, -0.05) is 32.0 Å². The first-order valence-electron chi connectivity index (χ1n) is 10.2. The van der Waals surface area contributed by atoms with Crippen molar-refractivity contribution >= 4 is 15.8 Å². The second kappa shape index (κ2) is 9.17. The Bertz CT molecular complexity index is 957. The van der Waals surface area contributed by atoms with Crippen molar-refractivity contribution in [3.63, 3.8) is 0 Å². The van der Waals surface area contributed by atoms with Crippen molar-refractivity contribution in [2.45, 2.75) is 40.0 Å². The highest BCUT2D eigenvalue weighted by atomic mass is 32.2. The lowest BCUT2D eigenvalue weighted by Gasteiger charge is -2.36. The molecule has 2 aromatic rings. The van der Waals surface area contributed by atoms with Gasteiger partial charge in [0.05, 0.1) is 5.75 Å². The zero-order valence-electron chi connectivity index (χ0n) is 17.4. The Morgan fingerprint density at radius 1 is 1.07 bits per heavy atom. The number of nitrogens with zero attached hydrogens (tertiary/aromatic N) is 4. The van der Waals surface area contributed by atoms with Crippen LogP contribution in [-0.2, 0) is 22.9 Å². The van der Waals surface area contributed by atoms with Crippen LogP contribution in [0.25, 0.3) is 0 Å². The first kappa shape index (κ1) is 21.6. The highest BCUT2D eigenvalue weighted by Gasteiger charge is 2.28. The minimum Gasteiger partial charge on any atom is -0.354 e. The second-order valence-corrected chi connectivity index (χ2v) is 9.43. The molecule has 0 aliphatic carbocycles. The topological polar surface area (TPSA) is 66.4 Å². The molecule has 2 heterocycles. The van der Waals surface area contributed by atoms with Gasteiger partial charge in [-0.3, -0.25) is 0 Å². The van der Waals surface area contributed by atoms with E-state index in [0.29, 0.717) is 50.4 Å². The molecule has 0 amide bonds. The molecule has 1 aliphatic rings. The van der Waals surface area contributed by atoms with Gasteiger partial charge in [0.1, 0.15) is 17.5 Å². The molecular formula is C21H29FN4O2S. The molecule has 1 aromatic heterocycles. The third kappa shape index (κ3) is 4.93. The molecule has 158 valence electrons. The summed E-state index contributed by atoms with van der Waals surface area (Å²) in [7, 11) is -3.20. The van der Waals surface area contributed by atoms with E-state index in [9.17, 15) is 12.8 Å². The van der Waals surface area contributed by atoms with Gasteiger partial charge in [-0.25, -0.2) is 22.8 Å². The average Bonchev–Trinajstić information content (AvgIpc) is 2.70. The number of hydrogen-bond acceptors (Lipinski definition) is 5. The number of aryl methyl sites for hydroxylation is 2. The molecule has 1 saturated heterocycles. The van der Waals surface area contributed by atoms with E-state index >= 15 is 0 Å². The van der Waals surface area contributed by atoms with E-state index in [0.717, 1.165) is 23.5 Å². The molecule has 0 radical (unpaired) electrons. The van der Waals surface area contributed by atoms with E-state index in [1.54, 1.807) is 16.4 Å². The number of halogens is 1. The first-order valence-corrected chi connectivity index (χ1v) is 11.8. The van der Waals surface area contributed by atoms with Gasteiger partial charge in [-0.05, 0) is 31.4 Å². The standard InChI is InChI=1S/C21H29FN4O2S/c1-4-14-29(27,28)26-12-10-25(11-13-26)21-18(20(5-2)23-16(3)24-21)15-17-8-6-7-9-19(17)22/h6-9H,4-5,10-15H2,1-3H3. The fourth-order valence-corrected chi connectivity index (χ4v) is 5.26. The maximum atomic E-state index is 14.3. The number of sulfonamides is 1. The fraction of sp³-hybridized carbons (Fsp3) is 0.524. The summed E-state index contributed by atoms with van der Waals surface area (Å²) in [6, 6.07) is 6.76. The van der Waals surface area contributed by atoms with Gasteiger partial charge in [0.15, 0.2) is 0 Å². The van der Waals surface area contributed by atoms with Crippen LogP contribution in [-0.4, -0.2) is 54.6 Å². The maximum absolute atomic E-state index is 14.3. The lowest BCUT2D eigenvalue weighted by Crippen LogP contribution is -2.49. The molecule has 0 spiro atoms. The Morgan fingerprint density at radius 3 is 2.38 bits per heavy atom. The molecule has 0 atom stereocenters. The Labute approximate surface area is 172 Å². The fourth-order valence-electron chi connectivity index (χ4n) is 3.77. The van der Waals surface area contributed by atoms with Gasteiger partial charge in [-0.15, -0.1) is 0 Å². The van der Waals surface area contributed by atoms with Crippen LogP contribution in [0, 0.1) is 12.7 Å². The van der Waals surface area contributed by atoms with Crippen molar-refractivity contribution in [1.29, 1.82) is 0 Å². The van der Waals surface area contributed by atoms with Crippen molar-refractivity contribution < 1.29 is 12.8 Å². The molecule has 8 heteroatoms. The molecule has 3 rings (SSSR count). The van der Waals surface area contributed by atoms with E-state index in [1.807, 2.05) is 26.8 Å². The van der Waals surface area contributed by atoms with Crippen molar-refractivity contribution in [2.24, 2.45) is 0 Å². The summed E-state index contributed by atoms with van der Waals surface area (Å²) in [6.07, 6.45) is 1.76. The second-order valence-electron chi connectivity index (χ2n) is 7.34. The molecule has 0 bridgehead atoms. The molecule has 0 saturated carbocycles. The van der Waals surface area contributed by atoms with E-state index in [4.69, 9.17) is 0 Å². The molecule has 0 unspecified atom stereocenters. The van der Waals surface area contributed by atoms with Crippen LogP contribution in [0.5, 0.6) is 0 Å². The van der Waals surface area contributed by atoms with Gasteiger partial charge < -0.3 is 4.90 Å². The number of aromatic nitrogens is 2. The predicted molar refractivity (Wildman–Crippen MR) is 113 cm³/mol. The smallest absolute Gasteiger partial charge is 0.214 e. The predicted octanol–water partition coefficient (Wildman–Crippen LogP) is 2.94. The number of anilines is 1. The van der Waals surface area contributed by atoms with Gasteiger partial charge in [0.25, 0.3) is 0 Å². The van der Waals surface area contributed by atoms with E-state index in [-0.39, 0.29) is 11.6 Å². The zero-order valence-corrected chi connectivity index (χ0v) is 18.2. The monoisotopic (exact) mass is 420 g/mol. The summed E-state index contributed by atoms with van der Waals surface area (Å²) in [5.41, 5.74) is 2.45. The highest BCUT2D eigenvalue weighted by Crippen LogP contribution is 2.27. The van der Waals surface area contributed by atoms with Crippen molar-refractivity contribution in [1.82, 2.24) is 14.3 Å².